The first-order valence-corrected chi connectivity index (χ1v) is 6.87. The van der Waals surface area contributed by atoms with Crippen LogP contribution in [0.2, 0.25) is 0 Å². The Bertz CT molecular complexity index is 428. The van der Waals surface area contributed by atoms with E-state index in [0.717, 1.165) is 28.9 Å². The van der Waals surface area contributed by atoms with Gasteiger partial charge in [-0.25, -0.2) is 0 Å². The number of rotatable bonds is 6. The molecule has 0 saturated heterocycles. The van der Waals surface area contributed by atoms with Gasteiger partial charge in [-0.2, -0.15) is 0 Å². The van der Waals surface area contributed by atoms with Crippen molar-refractivity contribution in [2.45, 2.75) is 52.7 Å². The summed E-state index contributed by atoms with van der Waals surface area (Å²) >= 11 is 0. The van der Waals surface area contributed by atoms with Crippen molar-refractivity contribution in [3.05, 3.63) is 28.8 Å². The Balaban J connectivity index is 3.25. The molecular formula is C16H26O3. The summed E-state index contributed by atoms with van der Waals surface area (Å²) in [5, 5.41) is 10.7. The molecule has 1 rings (SSSR count). The molecule has 2 atom stereocenters. The molecular weight excluding hydrogens is 240 g/mol. The van der Waals surface area contributed by atoms with Crippen molar-refractivity contribution in [3.63, 3.8) is 0 Å². The Morgan fingerprint density at radius 1 is 1.26 bits per heavy atom. The van der Waals surface area contributed by atoms with E-state index in [-0.39, 0.29) is 0 Å². The molecule has 0 bridgehead atoms. The second-order valence-electron chi connectivity index (χ2n) is 5.13. The lowest BCUT2D eigenvalue weighted by Gasteiger charge is -2.34. The van der Waals surface area contributed by atoms with Gasteiger partial charge in [0, 0.05) is 12.2 Å². The smallest absolute Gasteiger partial charge is 0.127 e. The minimum Gasteiger partial charge on any atom is -0.496 e. The Labute approximate surface area is 116 Å². The molecule has 3 heteroatoms. The van der Waals surface area contributed by atoms with Crippen molar-refractivity contribution in [3.8, 4) is 5.75 Å². The Hall–Kier alpha value is -1.06. The van der Waals surface area contributed by atoms with Crippen LogP contribution in [0.5, 0.6) is 5.75 Å². The van der Waals surface area contributed by atoms with E-state index in [2.05, 4.69) is 0 Å². The predicted octanol–water partition coefficient (Wildman–Crippen LogP) is 3.55. The van der Waals surface area contributed by atoms with Crippen LogP contribution in [0.1, 0.15) is 50.0 Å². The van der Waals surface area contributed by atoms with Crippen LogP contribution in [0.25, 0.3) is 0 Å². The van der Waals surface area contributed by atoms with Crippen LogP contribution in [0.4, 0.5) is 0 Å². The molecule has 0 aliphatic carbocycles. The third-order valence-corrected chi connectivity index (χ3v) is 3.96. The maximum atomic E-state index is 10.7. The van der Waals surface area contributed by atoms with Crippen LogP contribution >= 0.6 is 0 Å². The van der Waals surface area contributed by atoms with Crippen LogP contribution in [0.15, 0.2) is 12.1 Å². The lowest BCUT2D eigenvalue weighted by Crippen LogP contribution is -2.36. The summed E-state index contributed by atoms with van der Waals surface area (Å²) in [4.78, 5) is 0. The highest BCUT2D eigenvalue weighted by atomic mass is 16.5. The van der Waals surface area contributed by atoms with Crippen molar-refractivity contribution in [1.82, 2.24) is 0 Å². The summed E-state index contributed by atoms with van der Waals surface area (Å²) in [6.07, 6.45) is 0.0321. The molecule has 0 spiro atoms. The van der Waals surface area contributed by atoms with Crippen molar-refractivity contribution in [2.24, 2.45) is 0 Å². The molecule has 1 aromatic carbocycles. The van der Waals surface area contributed by atoms with Gasteiger partial charge in [-0.1, -0.05) is 19.1 Å². The molecule has 108 valence electrons. The van der Waals surface area contributed by atoms with Crippen LogP contribution in [-0.4, -0.2) is 24.4 Å². The van der Waals surface area contributed by atoms with Crippen molar-refractivity contribution in [2.75, 3.05) is 13.7 Å². The van der Waals surface area contributed by atoms with E-state index in [1.54, 1.807) is 7.11 Å². The van der Waals surface area contributed by atoms with Gasteiger partial charge in [-0.3, -0.25) is 0 Å². The lowest BCUT2D eigenvalue weighted by molar-refractivity contribution is -0.113. The number of aliphatic hydroxyl groups excluding tert-OH is 1. The molecule has 0 heterocycles. The number of aryl methyl sites for hydroxylation is 1. The molecule has 0 aliphatic rings. The van der Waals surface area contributed by atoms with E-state index in [1.165, 1.54) is 0 Å². The normalized spacial score (nSPS) is 15.9. The zero-order chi connectivity index (χ0) is 14.6. The van der Waals surface area contributed by atoms with E-state index in [4.69, 9.17) is 9.47 Å². The first-order valence-electron chi connectivity index (χ1n) is 6.87. The fourth-order valence-electron chi connectivity index (χ4n) is 2.33. The van der Waals surface area contributed by atoms with Crippen LogP contribution in [0, 0.1) is 13.8 Å². The third-order valence-electron chi connectivity index (χ3n) is 3.96. The van der Waals surface area contributed by atoms with E-state index < -0.39 is 11.7 Å². The van der Waals surface area contributed by atoms with Gasteiger partial charge in [0.15, 0.2) is 0 Å². The fourth-order valence-corrected chi connectivity index (χ4v) is 2.33. The zero-order valence-electron chi connectivity index (χ0n) is 12.9. The number of hydrogen-bond donors (Lipinski definition) is 1. The van der Waals surface area contributed by atoms with Gasteiger partial charge in [0.25, 0.3) is 0 Å². The predicted molar refractivity (Wildman–Crippen MR) is 77.7 cm³/mol. The largest absolute Gasteiger partial charge is 0.496 e. The molecule has 0 amide bonds. The first-order chi connectivity index (χ1) is 8.91. The molecule has 0 aromatic heterocycles. The number of ether oxygens (including phenoxy) is 2. The third kappa shape index (κ3) is 3.10. The van der Waals surface area contributed by atoms with E-state index in [9.17, 15) is 5.11 Å². The SMILES string of the molecule is CCOC(C)(CC)C(O)c1ccc(C)c(C)c1OC. The maximum absolute atomic E-state index is 10.7. The summed E-state index contributed by atoms with van der Waals surface area (Å²) in [5.74, 6) is 0.756. The summed E-state index contributed by atoms with van der Waals surface area (Å²) < 4.78 is 11.2. The van der Waals surface area contributed by atoms with Crippen LogP contribution in [-0.2, 0) is 4.74 Å². The highest BCUT2D eigenvalue weighted by Crippen LogP contribution is 2.38. The summed E-state index contributed by atoms with van der Waals surface area (Å²) in [5.41, 5.74) is 2.42. The Morgan fingerprint density at radius 2 is 1.89 bits per heavy atom. The van der Waals surface area contributed by atoms with Crippen molar-refractivity contribution in [1.29, 1.82) is 0 Å². The Morgan fingerprint density at radius 3 is 2.37 bits per heavy atom. The van der Waals surface area contributed by atoms with Gasteiger partial charge < -0.3 is 14.6 Å². The molecule has 2 unspecified atom stereocenters. The molecule has 0 fully saturated rings. The zero-order valence-corrected chi connectivity index (χ0v) is 12.9. The average molecular weight is 266 g/mol. The van der Waals surface area contributed by atoms with Gasteiger partial charge in [-0.05, 0) is 45.2 Å². The molecule has 0 aliphatic heterocycles. The average Bonchev–Trinajstić information content (AvgIpc) is 2.41. The van der Waals surface area contributed by atoms with E-state index >= 15 is 0 Å². The second-order valence-corrected chi connectivity index (χ2v) is 5.13. The van der Waals surface area contributed by atoms with Crippen LogP contribution < -0.4 is 4.74 Å². The highest BCUT2D eigenvalue weighted by molar-refractivity contribution is 5.47. The van der Waals surface area contributed by atoms with Gasteiger partial charge in [0.1, 0.15) is 11.9 Å². The minimum absolute atomic E-state index is 0.578. The van der Waals surface area contributed by atoms with Crippen molar-refractivity contribution >= 4 is 0 Å². The number of hydrogen-bond acceptors (Lipinski definition) is 3. The quantitative estimate of drug-likeness (QED) is 0.855. The molecule has 0 saturated carbocycles. The van der Waals surface area contributed by atoms with E-state index in [1.807, 2.05) is 46.8 Å². The number of aliphatic hydroxyl groups is 1. The fraction of sp³-hybridized carbons (Fsp3) is 0.625. The first kappa shape index (κ1) is 16.0. The maximum Gasteiger partial charge on any atom is 0.127 e. The molecule has 3 nitrogen and oxygen atoms in total. The Kier molecular flexibility index (Phi) is 5.39. The van der Waals surface area contributed by atoms with E-state index in [0.29, 0.717) is 6.61 Å². The number of benzene rings is 1. The summed E-state index contributed by atoms with van der Waals surface area (Å²) in [6.45, 7) is 10.5. The molecule has 1 aromatic rings. The lowest BCUT2D eigenvalue weighted by atomic mass is 9.88. The minimum atomic E-state index is -0.702. The highest BCUT2D eigenvalue weighted by Gasteiger charge is 2.35. The number of methoxy groups -OCH3 is 1. The molecule has 19 heavy (non-hydrogen) atoms. The van der Waals surface area contributed by atoms with Crippen molar-refractivity contribution < 1.29 is 14.6 Å². The summed E-state index contributed by atoms with van der Waals surface area (Å²) in [7, 11) is 1.64. The second kappa shape index (κ2) is 6.40. The summed E-state index contributed by atoms with van der Waals surface area (Å²) in [6, 6.07) is 3.94. The van der Waals surface area contributed by atoms with Gasteiger partial charge in [-0.15, -0.1) is 0 Å². The molecule has 1 N–H and O–H groups in total. The standard InChI is InChI=1S/C16H26O3/c1-7-16(5,19-8-2)15(17)13-10-9-11(3)12(4)14(13)18-6/h9-10,15,17H,7-8H2,1-6H3. The van der Waals surface area contributed by atoms with Gasteiger partial charge >= 0.3 is 0 Å². The van der Waals surface area contributed by atoms with Crippen LogP contribution in [0.3, 0.4) is 0 Å². The van der Waals surface area contributed by atoms with Gasteiger partial charge in [0.05, 0.1) is 12.7 Å². The van der Waals surface area contributed by atoms with Gasteiger partial charge in [0.2, 0.25) is 0 Å². The topological polar surface area (TPSA) is 38.7 Å². The molecule has 0 radical (unpaired) electrons. The monoisotopic (exact) mass is 266 g/mol.